The fourth-order valence-corrected chi connectivity index (χ4v) is 1.23. The molecule has 3 heteroatoms. The van der Waals surface area contributed by atoms with Crippen molar-refractivity contribution in [2.24, 2.45) is 0 Å². The maximum Gasteiger partial charge on any atom is 0.266 e. The third-order valence-electron chi connectivity index (χ3n) is 1.87. The molecule has 1 aliphatic rings. The molecule has 0 unspecified atom stereocenters. The molecule has 1 N–H and O–H groups in total. The Morgan fingerprint density at radius 3 is 2.69 bits per heavy atom. The Bertz CT molecular complexity index is 312. The molecule has 0 radical (unpaired) electrons. The number of aliphatic hydroxyl groups excluding tert-OH is 1. The van der Waals surface area contributed by atoms with Crippen molar-refractivity contribution in [3.05, 3.63) is 47.9 Å². The van der Waals surface area contributed by atoms with Gasteiger partial charge >= 0.3 is 0 Å². The van der Waals surface area contributed by atoms with Crippen LogP contribution in [0.5, 0.6) is 0 Å². The SMILES string of the molecule is OCc1cccc(C2OC=CO2)c1. The summed E-state index contributed by atoms with van der Waals surface area (Å²) >= 11 is 0. The number of benzene rings is 1. The molecule has 13 heavy (non-hydrogen) atoms. The average Bonchev–Trinajstić information content (AvgIpc) is 2.71. The van der Waals surface area contributed by atoms with Crippen molar-refractivity contribution in [2.45, 2.75) is 12.9 Å². The minimum Gasteiger partial charge on any atom is -0.455 e. The monoisotopic (exact) mass is 178 g/mol. The molecule has 1 aromatic rings. The smallest absolute Gasteiger partial charge is 0.266 e. The van der Waals surface area contributed by atoms with Gasteiger partial charge in [-0.1, -0.05) is 18.2 Å². The summed E-state index contributed by atoms with van der Waals surface area (Å²) < 4.78 is 10.3. The highest BCUT2D eigenvalue weighted by Crippen LogP contribution is 2.24. The van der Waals surface area contributed by atoms with Crippen molar-refractivity contribution in [3.63, 3.8) is 0 Å². The van der Waals surface area contributed by atoms with Gasteiger partial charge in [0.2, 0.25) is 0 Å². The van der Waals surface area contributed by atoms with Crippen LogP contribution < -0.4 is 0 Å². The van der Waals surface area contributed by atoms with Gasteiger partial charge in [0.15, 0.2) is 0 Å². The van der Waals surface area contributed by atoms with Crippen LogP contribution in [0.1, 0.15) is 17.4 Å². The van der Waals surface area contributed by atoms with E-state index in [1.54, 1.807) is 0 Å². The van der Waals surface area contributed by atoms with Crippen molar-refractivity contribution in [3.8, 4) is 0 Å². The van der Waals surface area contributed by atoms with Crippen LogP contribution in [-0.2, 0) is 16.1 Å². The van der Waals surface area contributed by atoms with Gasteiger partial charge in [0.25, 0.3) is 6.29 Å². The van der Waals surface area contributed by atoms with E-state index in [1.165, 1.54) is 12.5 Å². The van der Waals surface area contributed by atoms with Gasteiger partial charge in [-0.2, -0.15) is 0 Å². The lowest BCUT2D eigenvalue weighted by molar-refractivity contribution is -0.0246. The summed E-state index contributed by atoms with van der Waals surface area (Å²) in [4.78, 5) is 0. The molecule has 0 spiro atoms. The van der Waals surface area contributed by atoms with Crippen LogP contribution in [0.2, 0.25) is 0 Å². The van der Waals surface area contributed by atoms with Gasteiger partial charge in [-0.15, -0.1) is 0 Å². The highest BCUT2D eigenvalue weighted by Gasteiger charge is 2.14. The minimum absolute atomic E-state index is 0.0357. The summed E-state index contributed by atoms with van der Waals surface area (Å²) in [6.45, 7) is 0.0357. The van der Waals surface area contributed by atoms with E-state index < -0.39 is 0 Å². The van der Waals surface area contributed by atoms with Crippen LogP contribution in [-0.4, -0.2) is 5.11 Å². The Balaban J connectivity index is 2.19. The van der Waals surface area contributed by atoms with Crippen molar-refractivity contribution >= 4 is 0 Å². The molecular formula is C10H10O3. The third-order valence-corrected chi connectivity index (χ3v) is 1.87. The van der Waals surface area contributed by atoms with Crippen LogP contribution in [0.4, 0.5) is 0 Å². The standard InChI is InChI=1S/C10H10O3/c11-7-8-2-1-3-9(6-8)10-12-4-5-13-10/h1-6,10-11H,7H2. The highest BCUT2D eigenvalue weighted by atomic mass is 16.7. The highest BCUT2D eigenvalue weighted by molar-refractivity contribution is 5.24. The Morgan fingerprint density at radius 1 is 1.23 bits per heavy atom. The van der Waals surface area contributed by atoms with E-state index in [2.05, 4.69) is 0 Å². The van der Waals surface area contributed by atoms with Gasteiger partial charge in [0, 0.05) is 5.56 Å². The molecule has 0 aromatic heterocycles. The lowest BCUT2D eigenvalue weighted by atomic mass is 10.1. The molecule has 0 amide bonds. The fraction of sp³-hybridized carbons (Fsp3) is 0.200. The quantitative estimate of drug-likeness (QED) is 0.749. The predicted molar refractivity (Wildman–Crippen MR) is 46.4 cm³/mol. The fourth-order valence-electron chi connectivity index (χ4n) is 1.23. The Kier molecular flexibility index (Phi) is 2.19. The van der Waals surface area contributed by atoms with Gasteiger partial charge in [0.1, 0.15) is 12.5 Å². The lowest BCUT2D eigenvalue weighted by Crippen LogP contribution is -1.98. The van der Waals surface area contributed by atoms with Gasteiger partial charge in [0.05, 0.1) is 6.61 Å². The van der Waals surface area contributed by atoms with Crippen LogP contribution in [0.25, 0.3) is 0 Å². The van der Waals surface area contributed by atoms with Crippen LogP contribution in [0.3, 0.4) is 0 Å². The summed E-state index contributed by atoms with van der Waals surface area (Å²) in [5.41, 5.74) is 1.77. The topological polar surface area (TPSA) is 38.7 Å². The van der Waals surface area contributed by atoms with Gasteiger partial charge in [-0.25, -0.2) is 0 Å². The molecule has 2 rings (SSSR count). The molecule has 0 saturated heterocycles. The summed E-state index contributed by atoms with van der Waals surface area (Å²) in [6, 6.07) is 7.48. The maximum atomic E-state index is 8.91. The van der Waals surface area contributed by atoms with E-state index in [0.717, 1.165) is 11.1 Å². The first-order valence-corrected chi connectivity index (χ1v) is 4.06. The molecule has 0 aliphatic carbocycles. The lowest BCUT2D eigenvalue weighted by Gasteiger charge is -2.10. The minimum atomic E-state index is -0.355. The van der Waals surface area contributed by atoms with E-state index in [0.29, 0.717) is 0 Å². The molecule has 68 valence electrons. The first-order valence-electron chi connectivity index (χ1n) is 4.06. The maximum absolute atomic E-state index is 8.91. The second-order valence-electron chi connectivity index (χ2n) is 2.78. The second kappa shape index (κ2) is 3.49. The van der Waals surface area contributed by atoms with E-state index in [1.807, 2.05) is 24.3 Å². The van der Waals surface area contributed by atoms with Crippen molar-refractivity contribution < 1.29 is 14.6 Å². The van der Waals surface area contributed by atoms with E-state index >= 15 is 0 Å². The Hall–Kier alpha value is -1.48. The first kappa shape index (κ1) is 8.13. The largest absolute Gasteiger partial charge is 0.455 e. The number of rotatable bonds is 2. The van der Waals surface area contributed by atoms with Crippen LogP contribution in [0.15, 0.2) is 36.8 Å². The van der Waals surface area contributed by atoms with Crippen LogP contribution >= 0.6 is 0 Å². The van der Waals surface area contributed by atoms with Crippen molar-refractivity contribution in [1.29, 1.82) is 0 Å². The molecule has 0 atom stereocenters. The second-order valence-corrected chi connectivity index (χ2v) is 2.78. The van der Waals surface area contributed by atoms with E-state index in [9.17, 15) is 0 Å². The summed E-state index contributed by atoms with van der Waals surface area (Å²) in [7, 11) is 0. The van der Waals surface area contributed by atoms with Crippen molar-refractivity contribution in [1.82, 2.24) is 0 Å². The average molecular weight is 178 g/mol. The summed E-state index contributed by atoms with van der Waals surface area (Å²) in [6.07, 6.45) is 2.67. The number of hydrogen-bond acceptors (Lipinski definition) is 3. The Morgan fingerprint density at radius 2 is 2.00 bits per heavy atom. The Labute approximate surface area is 76.2 Å². The zero-order valence-electron chi connectivity index (χ0n) is 7.01. The molecule has 0 fully saturated rings. The molecule has 3 nitrogen and oxygen atoms in total. The van der Waals surface area contributed by atoms with E-state index in [-0.39, 0.29) is 12.9 Å². The zero-order chi connectivity index (χ0) is 9.10. The summed E-state index contributed by atoms with van der Waals surface area (Å²) in [5, 5.41) is 8.91. The molecule has 0 saturated carbocycles. The number of ether oxygens (including phenoxy) is 2. The molecule has 1 heterocycles. The summed E-state index contributed by atoms with van der Waals surface area (Å²) in [5.74, 6) is 0. The first-order chi connectivity index (χ1) is 6.40. The molecule has 1 aliphatic heterocycles. The normalized spacial score (nSPS) is 15.5. The number of hydrogen-bond donors (Lipinski definition) is 1. The van der Waals surface area contributed by atoms with Crippen LogP contribution in [0, 0.1) is 0 Å². The van der Waals surface area contributed by atoms with E-state index in [4.69, 9.17) is 14.6 Å². The molecule has 0 bridgehead atoms. The van der Waals surface area contributed by atoms with Crippen molar-refractivity contribution in [2.75, 3.05) is 0 Å². The van der Waals surface area contributed by atoms with Gasteiger partial charge in [-0.3, -0.25) is 0 Å². The zero-order valence-corrected chi connectivity index (χ0v) is 7.01. The molecular weight excluding hydrogens is 168 g/mol. The number of aliphatic hydroxyl groups is 1. The van der Waals surface area contributed by atoms with Gasteiger partial charge < -0.3 is 14.6 Å². The predicted octanol–water partition coefficient (Wildman–Crippen LogP) is 1.70. The van der Waals surface area contributed by atoms with Gasteiger partial charge in [-0.05, 0) is 11.6 Å². The molecule has 1 aromatic carbocycles. The third kappa shape index (κ3) is 1.65.